The average molecular weight is 515 g/mol. The molecule has 8 nitrogen and oxygen atoms in total. The highest BCUT2D eigenvalue weighted by Gasteiger charge is 2.24. The number of anilines is 2. The van der Waals surface area contributed by atoms with Crippen LogP contribution in [0.15, 0.2) is 42.5 Å². The molecule has 0 spiro atoms. The summed E-state index contributed by atoms with van der Waals surface area (Å²) in [6, 6.07) is 12.2. The van der Waals surface area contributed by atoms with Crippen LogP contribution in [-0.2, 0) is 11.2 Å². The van der Waals surface area contributed by atoms with Crippen LogP contribution < -0.4 is 19.7 Å². The molecule has 1 aliphatic rings. The largest absolute Gasteiger partial charge is 0.497 e. The molecule has 0 unspecified atom stereocenters. The number of ether oxygens (including phenoxy) is 2. The van der Waals surface area contributed by atoms with Crippen LogP contribution in [-0.4, -0.2) is 42.0 Å². The van der Waals surface area contributed by atoms with Crippen LogP contribution in [0, 0.1) is 0 Å². The SMILES string of the molecule is COc1ccc(C(=O)Nc2ccc(Cc3nc(Cl)c(OC(C)=O)c(N4CCCC4)n3)cc2)c(Cl)c1. The van der Waals surface area contributed by atoms with Gasteiger partial charge in [-0.1, -0.05) is 35.3 Å². The number of methoxy groups -OCH3 is 1. The number of hydrogen-bond donors (Lipinski definition) is 1. The molecule has 1 aliphatic heterocycles. The number of carbonyl (C=O) groups is 2. The van der Waals surface area contributed by atoms with Crippen LogP contribution in [0.3, 0.4) is 0 Å². The third kappa shape index (κ3) is 6.01. The number of esters is 1. The monoisotopic (exact) mass is 514 g/mol. The first-order valence-corrected chi connectivity index (χ1v) is 11.8. The highest BCUT2D eigenvalue weighted by molar-refractivity contribution is 6.34. The Morgan fingerprint density at radius 3 is 2.40 bits per heavy atom. The molecule has 1 amide bonds. The Hall–Kier alpha value is -3.36. The second-order valence-electron chi connectivity index (χ2n) is 8.04. The topological polar surface area (TPSA) is 93.7 Å². The van der Waals surface area contributed by atoms with Crippen LogP contribution in [0.4, 0.5) is 11.5 Å². The molecule has 182 valence electrons. The van der Waals surface area contributed by atoms with Crippen molar-refractivity contribution in [2.45, 2.75) is 26.2 Å². The van der Waals surface area contributed by atoms with Crippen LogP contribution in [0.2, 0.25) is 10.2 Å². The van der Waals surface area contributed by atoms with Crippen LogP contribution >= 0.6 is 23.2 Å². The Balaban J connectivity index is 1.49. The lowest BCUT2D eigenvalue weighted by Crippen LogP contribution is -2.22. The summed E-state index contributed by atoms with van der Waals surface area (Å²) in [5, 5.41) is 3.25. The molecule has 3 aromatic rings. The smallest absolute Gasteiger partial charge is 0.308 e. The zero-order valence-corrected chi connectivity index (χ0v) is 20.8. The van der Waals surface area contributed by atoms with E-state index >= 15 is 0 Å². The molecular formula is C25H24Cl2N4O4. The number of aromatic nitrogens is 2. The molecular weight excluding hydrogens is 491 g/mol. The van der Waals surface area contributed by atoms with Crippen molar-refractivity contribution >= 4 is 46.6 Å². The molecule has 0 radical (unpaired) electrons. The maximum absolute atomic E-state index is 12.6. The second kappa shape index (κ2) is 10.9. The van der Waals surface area contributed by atoms with Gasteiger partial charge in [0.25, 0.3) is 5.91 Å². The number of halogens is 2. The minimum Gasteiger partial charge on any atom is -0.497 e. The Labute approximate surface area is 213 Å². The van der Waals surface area contributed by atoms with Crippen LogP contribution in [0.5, 0.6) is 11.5 Å². The number of amides is 1. The highest BCUT2D eigenvalue weighted by atomic mass is 35.5. The summed E-state index contributed by atoms with van der Waals surface area (Å²) in [5.74, 6) is 1.02. The first-order chi connectivity index (χ1) is 16.8. The van der Waals surface area contributed by atoms with E-state index in [1.807, 2.05) is 12.1 Å². The number of nitrogens with zero attached hydrogens (tertiary/aromatic N) is 3. The number of hydrogen-bond acceptors (Lipinski definition) is 7. The molecule has 1 N–H and O–H groups in total. The van der Waals surface area contributed by atoms with E-state index in [0.717, 1.165) is 31.5 Å². The van der Waals surface area contributed by atoms with E-state index in [-0.39, 0.29) is 16.8 Å². The summed E-state index contributed by atoms with van der Waals surface area (Å²) in [4.78, 5) is 35.2. The minimum absolute atomic E-state index is 0.104. The highest BCUT2D eigenvalue weighted by Crippen LogP contribution is 2.35. The Morgan fingerprint density at radius 2 is 1.77 bits per heavy atom. The number of rotatable bonds is 7. The zero-order valence-electron chi connectivity index (χ0n) is 19.3. The van der Waals surface area contributed by atoms with Crippen molar-refractivity contribution in [2.75, 3.05) is 30.4 Å². The minimum atomic E-state index is -0.475. The lowest BCUT2D eigenvalue weighted by Gasteiger charge is -2.20. The molecule has 10 heteroatoms. The van der Waals surface area contributed by atoms with E-state index in [2.05, 4.69) is 20.2 Å². The van der Waals surface area contributed by atoms with Gasteiger partial charge in [-0.25, -0.2) is 9.97 Å². The van der Waals surface area contributed by atoms with E-state index in [4.69, 9.17) is 32.7 Å². The van der Waals surface area contributed by atoms with Crippen molar-refractivity contribution in [2.24, 2.45) is 0 Å². The maximum Gasteiger partial charge on any atom is 0.308 e. The van der Waals surface area contributed by atoms with E-state index < -0.39 is 5.97 Å². The first-order valence-electron chi connectivity index (χ1n) is 11.1. The van der Waals surface area contributed by atoms with E-state index in [0.29, 0.717) is 40.1 Å². The lowest BCUT2D eigenvalue weighted by molar-refractivity contribution is -0.131. The van der Waals surface area contributed by atoms with Gasteiger partial charge in [-0.05, 0) is 48.7 Å². The predicted molar refractivity (Wildman–Crippen MR) is 135 cm³/mol. The van der Waals surface area contributed by atoms with Crippen molar-refractivity contribution in [1.82, 2.24) is 9.97 Å². The van der Waals surface area contributed by atoms with E-state index in [1.54, 1.807) is 30.3 Å². The maximum atomic E-state index is 12.6. The van der Waals surface area contributed by atoms with Crippen molar-refractivity contribution in [1.29, 1.82) is 0 Å². The molecule has 0 saturated carbocycles. The first kappa shape index (κ1) is 24.8. The fraction of sp³-hybridized carbons (Fsp3) is 0.280. The standard InChI is InChI=1S/C25H24Cl2N4O4/c1-15(32)35-22-23(27)29-21(30-24(22)31-11-3-4-12-31)13-16-5-7-17(8-6-16)28-25(33)19-10-9-18(34-2)14-20(19)26/h5-10,14H,3-4,11-13H2,1-2H3,(H,28,33). The quantitative estimate of drug-likeness (QED) is 0.343. The number of benzene rings is 2. The van der Waals surface area contributed by atoms with Gasteiger partial charge in [0.15, 0.2) is 11.0 Å². The predicted octanol–water partition coefficient (Wildman–Crippen LogP) is 5.16. The van der Waals surface area contributed by atoms with Gasteiger partial charge in [-0.3, -0.25) is 9.59 Å². The molecule has 1 saturated heterocycles. The Bertz CT molecular complexity index is 1240. The summed E-state index contributed by atoms with van der Waals surface area (Å²) >= 11 is 12.6. The summed E-state index contributed by atoms with van der Waals surface area (Å²) in [5.41, 5.74) is 1.89. The molecule has 1 fully saturated rings. The summed E-state index contributed by atoms with van der Waals surface area (Å²) in [7, 11) is 1.54. The van der Waals surface area contributed by atoms with Crippen molar-refractivity contribution in [3.8, 4) is 11.5 Å². The molecule has 0 bridgehead atoms. The van der Waals surface area contributed by atoms with Gasteiger partial charge in [0.2, 0.25) is 5.75 Å². The molecule has 35 heavy (non-hydrogen) atoms. The van der Waals surface area contributed by atoms with Gasteiger partial charge in [-0.2, -0.15) is 0 Å². The molecule has 1 aromatic heterocycles. The van der Waals surface area contributed by atoms with Crippen molar-refractivity contribution in [3.05, 3.63) is 69.6 Å². The second-order valence-corrected chi connectivity index (χ2v) is 8.81. The molecule has 2 heterocycles. The lowest BCUT2D eigenvalue weighted by atomic mass is 10.1. The average Bonchev–Trinajstić information content (AvgIpc) is 3.36. The summed E-state index contributed by atoms with van der Waals surface area (Å²) in [6.07, 6.45) is 2.48. The summed E-state index contributed by atoms with van der Waals surface area (Å²) < 4.78 is 10.4. The summed E-state index contributed by atoms with van der Waals surface area (Å²) in [6.45, 7) is 2.95. The van der Waals surface area contributed by atoms with Gasteiger partial charge >= 0.3 is 5.97 Å². The molecule has 0 aliphatic carbocycles. The fourth-order valence-corrected chi connectivity index (χ4v) is 4.28. The van der Waals surface area contributed by atoms with E-state index in [9.17, 15) is 9.59 Å². The normalized spacial score (nSPS) is 13.0. The molecule has 0 atom stereocenters. The van der Waals surface area contributed by atoms with E-state index in [1.165, 1.54) is 14.0 Å². The van der Waals surface area contributed by atoms with Crippen molar-refractivity contribution in [3.63, 3.8) is 0 Å². The number of carbonyl (C=O) groups excluding carboxylic acids is 2. The van der Waals surface area contributed by atoms with Crippen LogP contribution in [0.25, 0.3) is 0 Å². The molecule has 4 rings (SSSR count). The zero-order chi connectivity index (χ0) is 24.9. The third-order valence-corrected chi connectivity index (χ3v) is 6.07. The van der Waals surface area contributed by atoms with Crippen LogP contribution in [0.1, 0.15) is 41.5 Å². The molecule has 2 aromatic carbocycles. The van der Waals surface area contributed by atoms with Gasteiger partial charge in [0.1, 0.15) is 11.6 Å². The number of nitrogens with one attached hydrogen (secondary N) is 1. The third-order valence-electron chi connectivity index (χ3n) is 5.50. The Morgan fingerprint density at radius 1 is 1.06 bits per heavy atom. The van der Waals surface area contributed by atoms with Gasteiger partial charge < -0.3 is 19.7 Å². The van der Waals surface area contributed by atoms with Gasteiger partial charge in [0, 0.05) is 32.1 Å². The fourth-order valence-electron chi connectivity index (χ4n) is 3.80. The van der Waals surface area contributed by atoms with Gasteiger partial charge in [0.05, 0.1) is 17.7 Å². The van der Waals surface area contributed by atoms with Crippen molar-refractivity contribution < 1.29 is 19.1 Å². The Kier molecular flexibility index (Phi) is 7.73. The van der Waals surface area contributed by atoms with Gasteiger partial charge in [-0.15, -0.1) is 0 Å².